The maximum atomic E-state index is 10.9. The number of hydrogen-bond donors (Lipinski definition) is 1. The van der Waals surface area contributed by atoms with Crippen LogP contribution in [0.4, 0.5) is 0 Å². The molecule has 0 atom stereocenters. The van der Waals surface area contributed by atoms with E-state index in [1.807, 2.05) is 19.9 Å². The van der Waals surface area contributed by atoms with Crippen molar-refractivity contribution in [3.05, 3.63) is 58.9 Å². The third-order valence-corrected chi connectivity index (χ3v) is 2.76. The number of benzene rings is 1. The molecule has 1 heterocycles. The van der Waals surface area contributed by atoms with E-state index in [1.54, 1.807) is 30.6 Å². The van der Waals surface area contributed by atoms with Crippen LogP contribution in [-0.2, 0) is 6.61 Å². The molecule has 0 aliphatic heterocycles. The van der Waals surface area contributed by atoms with Gasteiger partial charge in [-0.15, -0.1) is 0 Å². The lowest BCUT2D eigenvalue weighted by molar-refractivity contribution is 0.0696. The molecule has 4 heteroatoms. The van der Waals surface area contributed by atoms with Crippen LogP contribution in [0.5, 0.6) is 5.75 Å². The molecule has 0 radical (unpaired) electrons. The molecule has 1 aromatic carbocycles. The number of hydrogen-bond acceptors (Lipinski definition) is 3. The summed E-state index contributed by atoms with van der Waals surface area (Å²) in [5, 5.41) is 8.96. The van der Waals surface area contributed by atoms with Crippen molar-refractivity contribution in [3.63, 3.8) is 0 Å². The Morgan fingerprint density at radius 1 is 1.26 bits per heavy atom. The highest BCUT2D eigenvalue weighted by molar-refractivity contribution is 5.88. The minimum absolute atomic E-state index is 0.225. The average molecular weight is 257 g/mol. The first-order valence-corrected chi connectivity index (χ1v) is 5.93. The van der Waals surface area contributed by atoms with E-state index in [1.165, 1.54) is 0 Å². The van der Waals surface area contributed by atoms with E-state index in [0.29, 0.717) is 12.4 Å². The highest BCUT2D eigenvalue weighted by Gasteiger charge is 2.07. The Morgan fingerprint density at radius 3 is 2.74 bits per heavy atom. The standard InChI is InChI=1S/C15H15NO3/c1-10-5-12(8-16-7-10)9-19-14-6-13(15(17)18)4-3-11(14)2/h3-8H,9H2,1-2H3,(H,17,18). The summed E-state index contributed by atoms with van der Waals surface area (Å²) in [5.74, 6) is -0.372. The molecule has 0 saturated carbocycles. The molecule has 1 aromatic heterocycles. The van der Waals surface area contributed by atoms with Gasteiger partial charge in [0.1, 0.15) is 12.4 Å². The van der Waals surface area contributed by atoms with Crippen molar-refractivity contribution in [2.45, 2.75) is 20.5 Å². The first-order valence-electron chi connectivity index (χ1n) is 5.93. The highest BCUT2D eigenvalue weighted by Crippen LogP contribution is 2.21. The second-order valence-corrected chi connectivity index (χ2v) is 4.44. The molecule has 0 unspecified atom stereocenters. The zero-order valence-corrected chi connectivity index (χ0v) is 10.9. The number of ether oxygens (including phenoxy) is 1. The fraction of sp³-hybridized carbons (Fsp3) is 0.200. The van der Waals surface area contributed by atoms with Gasteiger partial charge >= 0.3 is 5.97 Å². The highest BCUT2D eigenvalue weighted by atomic mass is 16.5. The normalized spacial score (nSPS) is 10.2. The summed E-state index contributed by atoms with van der Waals surface area (Å²) in [5.41, 5.74) is 3.16. The third-order valence-electron chi connectivity index (χ3n) is 2.76. The summed E-state index contributed by atoms with van der Waals surface area (Å²) in [6.07, 6.45) is 3.52. The fourth-order valence-corrected chi connectivity index (χ4v) is 1.75. The minimum atomic E-state index is -0.956. The van der Waals surface area contributed by atoms with Crippen molar-refractivity contribution in [2.75, 3.05) is 0 Å². The Labute approximate surface area is 111 Å². The topological polar surface area (TPSA) is 59.4 Å². The Morgan fingerprint density at radius 2 is 2.05 bits per heavy atom. The fourth-order valence-electron chi connectivity index (χ4n) is 1.75. The maximum Gasteiger partial charge on any atom is 0.335 e. The molecule has 0 amide bonds. The van der Waals surface area contributed by atoms with E-state index in [2.05, 4.69) is 4.98 Å². The van der Waals surface area contributed by atoms with Crippen LogP contribution in [0.2, 0.25) is 0 Å². The third kappa shape index (κ3) is 3.31. The molecular formula is C15H15NO3. The summed E-state index contributed by atoms with van der Waals surface area (Å²) >= 11 is 0. The van der Waals surface area contributed by atoms with Crippen LogP contribution in [0.25, 0.3) is 0 Å². The van der Waals surface area contributed by atoms with Crippen LogP contribution in [0.3, 0.4) is 0 Å². The summed E-state index contributed by atoms with van der Waals surface area (Å²) in [7, 11) is 0. The number of pyridine rings is 1. The molecule has 1 N–H and O–H groups in total. The van der Waals surface area contributed by atoms with Gasteiger partial charge in [0.25, 0.3) is 0 Å². The lowest BCUT2D eigenvalue weighted by Gasteiger charge is -2.10. The second kappa shape index (κ2) is 5.52. The van der Waals surface area contributed by atoms with Gasteiger partial charge in [-0.3, -0.25) is 4.98 Å². The summed E-state index contributed by atoms with van der Waals surface area (Å²) < 4.78 is 5.67. The zero-order chi connectivity index (χ0) is 13.8. The number of carboxylic acid groups (broad SMARTS) is 1. The lowest BCUT2D eigenvalue weighted by atomic mass is 10.1. The van der Waals surface area contributed by atoms with Crippen molar-refractivity contribution in [1.82, 2.24) is 4.98 Å². The van der Waals surface area contributed by atoms with Crippen LogP contribution in [0.1, 0.15) is 27.0 Å². The number of carbonyl (C=O) groups is 1. The monoisotopic (exact) mass is 257 g/mol. The molecule has 19 heavy (non-hydrogen) atoms. The quantitative estimate of drug-likeness (QED) is 0.914. The van der Waals surface area contributed by atoms with E-state index in [-0.39, 0.29) is 5.56 Å². The summed E-state index contributed by atoms with van der Waals surface area (Å²) in [6, 6.07) is 6.84. The van der Waals surface area contributed by atoms with Gasteiger partial charge < -0.3 is 9.84 Å². The molecule has 0 fully saturated rings. The van der Waals surface area contributed by atoms with Gasteiger partial charge in [0, 0.05) is 18.0 Å². The largest absolute Gasteiger partial charge is 0.489 e. The van der Waals surface area contributed by atoms with E-state index in [4.69, 9.17) is 9.84 Å². The molecule has 0 saturated heterocycles. The van der Waals surface area contributed by atoms with Crippen LogP contribution >= 0.6 is 0 Å². The van der Waals surface area contributed by atoms with Crippen molar-refractivity contribution >= 4 is 5.97 Å². The molecule has 0 spiro atoms. The molecule has 0 aliphatic carbocycles. The van der Waals surface area contributed by atoms with E-state index in [9.17, 15) is 4.79 Å². The Bertz CT molecular complexity index is 608. The first-order chi connectivity index (χ1) is 9.06. The van der Waals surface area contributed by atoms with Crippen LogP contribution in [0.15, 0.2) is 36.7 Å². The van der Waals surface area contributed by atoms with Crippen LogP contribution < -0.4 is 4.74 Å². The van der Waals surface area contributed by atoms with Crippen molar-refractivity contribution < 1.29 is 14.6 Å². The predicted molar refractivity (Wildman–Crippen MR) is 71.4 cm³/mol. The smallest absolute Gasteiger partial charge is 0.335 e. The number of carboxylic acids is 1. The van der Waals surface area contributed by atoms with Gasteiger partial charge in [-0.25, -0.2) is 4.79 Å². The molecule has 4 nitrogen and oxygen atoms in total. The Balaban J connectivity index is 2.15. The molecule has 98 valence electrons. The van der Waals surface area contributed by atoms with Gasteiger partial charge in [0.05, 0.1) is 5.56 Å². The second-order valence-electron chi connectivity index (χ2n) is 4.44. The van der Waals surface area contributed by atoms with E-state index >= 15 is 0 Å². The van der Waals surface area contributed by atoms with Gasteiger partial charge in [-0.05, 0) is 43.2 Å². The van der Waals surface area contributed by atoms with Crippen LogP contribution in [0, 0.1) is 13.8 Å². The number of aromatic carboxylic acids is 1. The predicted octanol–water partition coefficient (Wildman–Crippen LogP) is 2.98. The first kappa shape index (κ1) is 13.1. The number of nitrogens with zero attached hydrogens (tertiary/aromatic N) is 1. The molecular weight excluding hydrogens is 242 g/mol. The van der Waals surface area contributed by atoms with Crippen molar-refractivity contribution in [1.29, 1.82) is 0 Å². The summed E-state index contributed by atoms with van der Waals surface area (Å²) in [4.78, 5) is 15.0. The van der Waals surface area contributed by atoms with E-state index < -0.39 is 5.97 Å². The number of aryl methyl sites for hydroxylation is 2. The summed E-state index contributed by atoms with van der Waals surface area (Å²) in [6.45, 7) is 4.22. The van der Waals surface area contributed by atoms with Crippen molar-refractivity contribution in [2.24, 2.45) is 0 Å². The lowest BCUT2D eigenvalue weighted by Crippen LogP contribution is -2.01. The maximum absolute atomic E-state index is 10.9. The van der Waals surface area contributed by atoms with Gasteiger partial charge in [0.2, 0.25) is 0 Å². The Kier molecular flexibility index (Phi) is 3.80. The minimum Gasteiger partial charge on any atom is -0.489 e. The molecule has 2 aromatic rings. The number of aromatic nitrogens is 1. The molecule has 0 bridgehead atoms. The van der Waals surface area contributed by atoms with Gasteiger partial charge in [-0.1, -0.05) is 6.07 Å². The zero-order valence-electron chi connectivity index (χ0n) is 10.9. The molecule has 2 rings (SSSR count). The average Bonchev–Trinajstić information content (AvgIpc) is 2.37. The van der Waals surface area contributed by atoms with Gasteiger partial charge in [0.15, 0.2) is 0 Å². The Hall–Kier alpha value is -2.36. The number of rotatable bonds is 4. The molecule has 0 aliphatic rings. The van der Waals surface area contributed by atoms with E-state index in [0.717, 1.165) is 16.7 Å². The van der Waals surface area contributed by atoms with Gasteiger partial charge in [-0.2, -0.15) is 0 Å². The van der Waals surface area contributed by atoms with Crippen LogP contribution in [-0.4, -0.2) is 16.1 Å². The van der Waals surface area contributed by atoms with Crippen molar-refractivity contribution in [3.8, 4) is 5.75 Å². The SMILES string of the molecule is Cc1cncc(COc2cc(C(=O)O)ccc2C)c1.